The third-order valence-corrected chi connectivity index (χ3v) is 10.2. The zero-order chi connectivity index (χ0) is 37.3. The predicted molar refractivity (Wildman–Crippen MR) is 178 cm³/mol. The van der Waals surface area contributed by atoms with Crippen molar-refractivity contribution in [3.63, 3.8) is 0 Å². The predicted octanol–water partition coefficient (Wildman–Crippen LogP) is 1.75. The number of hydrogen-bond acceptors (Lipinski definition) is 13. The molecular formula is C31H30FN5O12S2. The molecule has 1 aromatic carbocycles. The van der Waals surface area contributed by atoms with Crippen molar-refractivity contribution < 1.29 is 58.7 Å². The summed E-state index contributed by atoms with van der Waals surface area (Å²) < 4.78 is 16.4. The molecule has 1 unspecified atom stereocenters. The maximum absolute atomic E-state index is 14.9. The molecule has 2 aliphatic rings. The molecule has 2 amide bonds. The van der Waals surface area contributed by atoms with E-state index < -0.39 is 87.5 Å². The van der Waals surface area contributed by atoms with Crippen LogP contribution in [-0.4, -0.2) is 98.7 Å². The SMILES string of the molecule is CCn1cc(CCCC2=C(C(=O)O)N3C(=O)C(NC(=O)/C(=N\O[C@@H](CC(=O)O)C(=O)O)c4csc(C)n4)[C@H]3SC2)c(=O)c2c(F)c(O)c(O)cc21. The number of phenolic OH excluding ortho intramolecular Hbond substituents is 2. The van der Waals surface area contributed by atoms with Crippen LogP contribution in [0.4, 0.5) is 4.39 Å². The number of carbonyl (C=O) groups excluding carboxylic acids is 2. The number of amides is 2. The minimum Gasteiger partial charge on any atom is -0.504 e. The van der Waals surface area contributed by atoms with Crippen molar-refractivity contribution in [2.75, 3.05) is 5.75 Å². The average Bonchev–Trinajstić information content (AvgIpc) is 3.51. The first-order chi connectivity index (χ1) is 24.1. The van der Waals surface area contributed by atoms with Crippen molar-refractivity contribution >= 4 is 69.4 Å². The number of thiazole rings is 1. The lowest BCUT2D eigenvalue weighted by atomic mass is 9.98. The molecular weight excluding hydrogens is 717 g/mol. The Kier molecular flexibility index (Phi) is 10.7. The minimum atomic E-state index is -1.93. The normalized spacial score (nSPS) is 17.9. The number of nitrogens with one attached hydrogen (secondary N) is 1. The number of oxime groups is 1. The molecule has 0 radical (unpaired) electrons. The van der Waals surface area contributed by atoms with Crippen molar-refractivity contribution in [3.05, 3.63) is 61.2 Å². The van der Waals surface area contributed by atoms with Crippen molar-refractivity contribution in [1.82, 2.24) is 19.8 Å². The van der Waals surface area contributed by atoms with E-state index in [0.717, 1.165) is 22.3 Å². The zero-order valence-corrected chi connectivity index (χ0v) is 28.4. The van der Waals surface area contributed by atoms with Gasteiger partial charge < -0.3 is 40.3 Å². The van der Waals surface area contributed by atoms with E-state index in [-0.39, 0.29) is 47.5 Å². The van der Waals surface area contributed by atoms with E-state index in [4.69, 9.17) is 9.94 Å². The molecule has 17 nitrogen and oxygen atoms in total. The van der Waals surface area contributed by atoms with E-state index >= 15 is 0 Å². The maximum atomic E-state index is 14.9. The van der Waals surface area contributed by atoms with Crippen molar-refractivity contribution in [2.45, 2.75) is 63.6 Å². The summed E-state index contributed by atoms with van der Waals surface area (Å²) in [5.74, 6) is -9.14. The molecule has 5 rings (SSSR count). The number of aliphatic carboxylic acids is 3. The Labute approximate surface area is 294 Å². The van der Waals surface area contributed by atoms with Crippen molar-refractivity contribution in [2.24, 2.45) is 5.16 Å². The van der Waals surface area contributed by atoms with Crippen LogP contribution in [0.15, 0.2) is 38.9 Å². The van der Waals surface area contributed by atoms with Gasteiger partial charge in [0.1, 0.15) is 22.8 Å². The lowest BCUT2D eigenvalue weighted by Crippen LogP contribution is -2.71. The van der Waals surface area contributed by atoms with Crippen LogP contribution >= 0.6 is 23.1 Å². The fourth-order valence-corrected chi connectivity index (χ4v) is 7.66. The molecule has 3 aromatic rings. The summed E-state index contributed by atoms with van der Waals surface area (Å²) in [4.78, 5) is 84.8. The maximum Gasteiger partial charge on any atom is 0.352 e. The zero-order valence-electron chi connectivity index (χ0n) is 26.8. The number of aryl methyl sites for hydroxylation is 3. The highest BCUT2D eigenvalue weighted by molar-refractivity contribution is 8.00. The number of carbonyl (C=O) groups is 5. The lowest BCUT2D eigenvalue weighted by molar-refractivity contribution is -0.156. The van der Waals surface area contributed by atoms with Gasteiger partial charge in [-0.15, -0.1) is 23.1 Å². The molecule has 0 saturated carbocycles. The number of phenols is 2. The van der Waals surface area contributed by atoms with E-state index in [9.17, 15) is 53.6 Å². The molecule has 20 heteroatoms. The van der Waals surface area contributed by atoms with Crippen LogP contribution in [0.1, 0.15) is 42.5 Å². The molecule has 3 atom stereocenters. The van der Waals surface area contributed by atoms with E-state index in [1.54, 1.807) is 18.4 Å². The number of benzene rings is 1. The van der Waals surface area contributed by atoms with Crippen LogP contribution in [0.5, 0.6) is 11.5 Å². The molecule has 2 aromatic heterocycles. The Hall–Kier alpha value is -5.50. The molecule has 1 fully saturated rings. The molecule has 0 spiro atoms. The first kappa shape index (κ1) is 36.8. The number of halogens is 1. The van der Waals surface area contributed by atoms with Crippen LogP contribution in [-0.2, 0) is 41.8 Å². The van der Waals surface area contributed by atoms with Crippen LogP contribution in [0.2, 0.25) is 0 Å². The van der Waals surface area contributed by atoms with Crippen LogP contribution in [0.25, 0.3) is 10.9 Å². The van der Waals surface area contributed by atoms with Gasteiger partial charge in [0.25, 0.3) is 11.8 Å². The summed E-state index contributed by atoms with van der Waals surface area (Å²) in [6.07, 6.45) is -0.898. The first-order valence-corrected chi connectivity index (χ1v) is 17.2. The summed E-state index contributed by atoms with van der Waals surface area (Å²) in [5.41, 5.74) is -0.847. The minimum absolute atomic E-state index is 0.0300. The molecule has 51 heavy (non-hydrogen) atoms. The Morgan fingerprint density at radius 3 is 2.51 bits per heavy atom. The Morgan fingerprint density at radius 1 is 1.18 bits per heavy atom. The van der Waals surface area contributed by atoms with Gasteiger partial charge in [0.05, 0.1) is 22.3 Å². The van der Waals surface area contributed by atoms with Gasteiger partial charge in [-0.05, 0) is 38.7 Å². The average molecular weight is 748 g/mol. The second kappa shape index (κ2) is 14.8. The Balaban J connectivity index is 1.32. The largest absolute Gasteiger partial charge is 0.504 e. The summed E-state index contributed by atoms with van der Waals surface area (Å²) in [6, 6.07) is -0.117. The standard InChI is InChI=1S/C31H30FN5O12S2/c1-3-36-9-13(25(41)20-16(36)7-17(38)26(42)21(20)32)5-4-6-14-10-51-29-23(28(44)37(29)24(14)31(47)48)34-27(43)22(15-11-50-12(2)33-15)35-49-18(30(45)46)8-19(39)40/h7,9,11,18,23,29,38,42H,3-6,8,10H2,1-2H3,(H,34,43)(H,39,40)(H,45,46)(H,47,48)/b35-22-/t18-,23?,29+/m0/s1. The molecule has 1 saturated heterocycles. The summed E-state index contributed by atoms with van der Waals surface area (Å²) in [5, 5.41) is 54.8. The fourth-order valence-electron chi connectivity index (χ4n) is 5.67. The topological polar surface area (TPSA) is 258 Å². The van der Waals surface area contributed by atoms with Crippen LogP contribution < -0.4 is 10.7 Å². The molecule has 0 bridgehead atoms. The highest BCUT2D eigenvalue weighted by Gasteiger charge is 2.54. The number of hydrogen-bond donors (Lipinski definition) is 6. The van der Waals surface area contributed by atoms with Gasteiger partial charge in [-0.1, -0.05) is 5.16 Å². The third kappa shape index (κ3) is 7.22. The number of fused-ring (bicyclic) bond motifs is 2. The smallest absolute Gasteiger partial charge is 0.352 e. The van der Waals surface area contributed by atoms with E-state index in [2.05, 4.69) is 15.5 Å². The van der Waals surface area contributed by atoms with Crippen molar-refractivity contribution in [3.8, 4) is 11.5 Å². The van der Waals surface area contributed by atoms with Gasteiger partial charge in [-0.3, -0.25) is 24.1 Å². The number of thioether (sulfide) groups is 1. The van der Waals surface area contributed by atoms with Gasteiger partial charge in [0.15, 0.2) is 28.5 Å². The lowest BCUT2D eigenvalue weighted by Gasteiger charge is -2.49. The van der Waals surface area contributed by atoms with Gasteiger partial charge in [0, 0.05) is 35.5 Å². The van der Waals surface area contributed by atoms with Gasteiger partial charge in [-0.2, -0.15) is 0 Å². The molecule has 270 valence electrons. The number of pyridine rings is 1. The van der Waals surface area contributed by atoms with E-state index in [1.807, 2.05) is 0 Å². The van der Waals surface area contributed by atoms with Crippen LogP contribution in [0.3, 0.4) is 0 Å². The first-order valence-electron chi connectivity index (χ1n) is 15.2. The monoisotopic (exact) mass is 747 g/mol. The Morgan fingerprint density at radius 2 is 1.90 bits per heavy atom. The summed E-state index contributed by atoms with van der Waals surface area (Å²) in [6.45, 7) is 3.68. The summed E-state index contributed by atoms with van der Waals surface area (Å²) >= 11 is 2.30. The number of carboxylic acids is 3. The van der Waals surface area contributed by atoms with E-state index in [1.165, 1.54) is 23.3 Å². The second-order valence-corrected chi connectivity index (χ2v) is 13.6. The van der Waals surface area contributed by atoms with Gasteiger partial charge >= 0.3 is 17.9 Å². The van der Waals surface area contributed by atoms with Crippen molar-refractivity contribution in [1.29, 1.82) is 0 Å². The third-order valence-electron chi connectivity index (χ3n) is 8.12. The van der Waals surface area contributed by atoms with Crippen LogP contribution in [0, 0.1) is 12.7 Å². The number of aromatic hydroxyl groups is 2. The van der Waals surface area contributed by atoms with E-state index in [0.29, 0.717) is 17.1 Å². The number of nitrogens with zero attached hydrogens (tertiary/aromatic N) is 4. The second-order valence-electron chi connectivity index (χ2n) is 11.4. The quantitative estimate of drug-likeness (QED) is 0.0595. The molecule has 6 N–H and O–H groups in total. The number of rotatable bonds is 14. The highest BCUT2D eigenvalue weighted by atomic mass is 32.2. The Bertz CT molecular complexity index is 2090. The number of carboxylic acid groups (broad SMARTS) is 3. The number of aromatic nitrogens is 2. The fraction of sp³-hybridized carbons (Fsp3) is 0.355. The van der Waals surface area contributed by atoms with Gasteiger partial charge in [-0.25, -0.2) is 19.0 Å². The van der Waals surface area contributed by atoms with Gasteiger partial charge in [0.2, 0.25) is 6.10 Å². The number of β-lactam (4-membered cyclic amide) rings is 1. The summed E-state index contributed by atoms with van der Waals surface area (Å²) in [7, 11) is 0. The molecule has 2 aliphatic heterocycles. The molecule has 0 aliphatic carbocycles. The molecule has 4 heterocycles. The highest BCUT2D eigenvalue weighted by Crippen LogP contribution is 2.41.